The summed E-state index contributed by atoms with van der Waals surface area (Å²) in [7, 11) is -0.490. The van der Waals surface area contributed by atoms with Crippen LogP contribution in [-0.4, -0.2) is 30.7 Å². The molecule has 3 nitrogen and oxygen atoms in total. The Morgan fingerprint density at radius 2 is 1.83 bits per heavy atom. The molecular weight excluding hydrogens is 314 g/mol. The first kappa shape index (κ1) is 18.4. The Bertz CT molecular complexity index is 586. The maximum absolute atomic E-state index is 13.7. The Labute approximate surface area is 143 Å². The monoisotopic (exact) mass is 338 g/mol. The van der Waals surface area contributed by atoms with Gasteiger partial charge in [0.15, 0.2) is 0 Å². The van der Waals surface area contributed by atoms with Gasteiger partial charge in [-0.15, -0.1) is 0 Å². The Morgan fingerprint density at radius 1 is 1.22 bits per heavy atom. The Kier molecular flexibility index (Phi) is 5.49. The van der Waals surface area contributed by atoms with Gasteiger partial charge in [0.05, 0.1) is 17.8 Å². The lowest BCUT2D eigenvalue weighted by molar-refractivity contribution is 0.00578. The first-order valence-corrected chi connectivity index (χ1v) is 8.42. The summed E-state index contributed by atoms with van der Waals surface area (Å²) in [6.45, 7) is 10.3. The van der Waals surface area contributed by atoms with Gasteiger partial charge in [-0.3, -0.25) is 0 Å². The van der Waals surface area contributed by atoms with Crippen molar-refractivity contribution in [2.45, 2.75) is 45.8 Å². The predicted octanol–water partition coefficient (Wildman–Crippen LogP) is 4.17. The van der Waals surface area contributed by atoms with Crippen molar-refractivity contribution >= 4 is 25.8 Å². The number of ether oxygens (including phenoxy) is 1. The number of rotatable bonds is 5. The number of hydrogen-bond acceptors (Lipinski definition) is 4. The maximum atomic E-state index is 13.7. The van der Waals surface area contributed by atoms with Gasteiger partial charge in [0.25, 0.3) is 0 Å². The van der Waals surface area contributed by atoms with Gasteiger partial charge in [-0.1, -0.05) is 6.08 Å². The third kappa shape index (κ3) is 4.11. The van der Waals surface area contributed by atoms with Crippen LogP contribution in [0.3, 0.4) is 0 Å². The summed E-state index contributed by atoms with van der Waals surface area (Å²) in [6, 6.07) is 4.62. The summed E-state index contributed by atoms with van der Waals surface area (Å²) in [5, 5.41) is 0. The average molecular weight is 338 g/mol. The lowest BCUT2D eigenvalue weighted by atomic mass is 9.78. The zero-order valence-electron chi connectivity index (χ0n) is 14.4. The largest absolute Gasteiger partial charge is 0.494 e. The van der Waals surface area contributed by atoms with E-state index in [1.54, 1.807) is 6.07 Å². The lowest BCUT2D eigenvalue weighted by Gasteiger charge is -2.32. The van der Waals surface area contributed by atoms with E-state index in [1.165, 1.54) is 12.1 Å². The molecule has 0 spiro atoms. The van der Waals surface area contributed by atoms with Crippen molar-refractivity contribution in [3.63, 3.8) is 0 Å². The van der Waals surface area contributed by atoms with Crippen LogP contribution in [0.25, 0.3) is 6.08 Å². The van der Waals surface area contributed by atoms with E-state index >= 15 is 0 Å². The fourth-order valence-corrected chi connectivity index (χ4v) is 2.55. The van der Waals surface area contributed by atoms with Gasteiger partial charge in [0.2, 0.25) is 0 Å². The molecular formula is C17H24BFO3S. The van der Waals surface area contributed by atoms with E-state index in [4.69, 9.17) is 14.0 Å². The summed E-state index contributed by atoms with van der Waals surface area (Å²) < 4.78 is 31.2. The predicted molar refractivity (Wildman–Crippen MR) is 95.5 cm³/mol. The van der Waals surface area contributed by atoms with Crippen molar-refractivity contribution in [3.05, 3.63) is 35.1 Å². The summed E-state index contributed by atoms with van der Waals surface area (Å²) in [4.78, 5) is 0. The summed E-state index contributed by atoms with van der Waals surface area (Å²) in [5.41, 5.74) is 0.711. The third-order valence-corrected chi connectivity index (χ3v) is 4.66. The number of hydrogen-bond donors (Lipinski definition) is 1. The van der Waals surface area contributed by atoms with Crippen LogP contribution in [0.1, 0.15) is 40.2 Å². The van der Waals surface area contributed by atoms with Crippen molar-refractivity contribution in [2.24, 2.45) is 0 Å². The van der Waals surface area contributed by atoms with Crippen LogP contribution in [0.5, 0.6) is 5.75 Å². The molecule has 1 aromatic carbocycles. The minimum atomic E-state index is -0.490. The minimum absolute atomic E-state index is 0.338. The van der Waals surface area contributed by atoms with Crippen LogP contribution in [0, 0.1) is 5.82 Å². The molecule has 1 saturated heterocycles. The normalized spacial score (nSPS) is 20.0. The van der Waals surface area contributed by atoms with Crippen LogP contribution in [-0.2, 0) is 9.31 Å². The second kappa shape index (κ2) is 6.87. The quantitative estimate of drug-likeness (QED) is 0.645. The molecule has 1 aliphatic rings. The average Bonchev–Trinajstić information content (AvgIpc) is 2.64. The number of benzene rings is 1. The molecule has 23 heavy (non-hydrogen) atoms. The topological polar surface area (TPSA) is 27.7 Å². The first-order valence-electron chi connectivity index (χ1n) is 7.79. The molecule has 0 unspecified atom stereocenters. The molecule has 0 N–H and O–H groups in total. The second-order valence-corrected chi connectivity index (χ2v) is 6.94. The van der Waals surface area contributed by atoms with Gasteiger partial charge < -0.3 is 14.0 Å². The summed E-state index contributed by atoms with van der Waals surface area (Å²) >= 11 is 4.37. The van der Waals surface area contributed by atoms with Crippen molar-refractivity contribution < 1.29 is 18.4 Å². The number of thiol groups is 1. The van der Waals surface area contributed by atoms with E-state index in [2.05, 4.69) is 12.6 Å². The van der Waals surface area contributed by atoms with Crippen molar-refractivity contribution in [1.29, 1.82) is 0 Å². The molecule has 6 heteroatoms. The molecule has 0 amide bonds. The van der Waals surface area contributed by atoms with Crippen LogP contribution in [0.15, 0.2) is 23.7 Å². The zero-order valence-corrected chi connectivity index (χ0v) is 15.2. The molecule has 1 heterocycles. The summed E-state index contributed by atoms with van der Waals surface area (Å²) in [5.74, 6) is 0.623. The van der Waals surface area contributed by atoms with Gasteiger partial charge >= 0.3 is 7.12 Å². The molecule has 126 valence electrons. The summed E-state index contributed by atoms with van der Waals surface area (Å²) in [6.07, 6.45) is 1.85. The highest BCUT2D eigenvalue weighted by Crippen LogP contribution is 2.39. The smallest absolute Gasteiger partial charge is 0.491 e. The van der Waals surface area contributed by atoms with E-state index in [9.17, 15) is 4.39 Å². The maximum Gasteiger partial charge on any atom is 0.491 e. The van der Waals surface area contributed by atoms with Crippen molar-refractivity contribution in [3.8, 4) is 5.75 Å². The van der Waals surface area contributed by atoms with Gasteiger partial charge in [-0.2, -0.15) is 12.6 Å². The third-order valence-electron chi connectivity index (χ3n) is 4.30. The molecule has 0 aliphatic carbocycles. The molecule has 0 bridgehead atoms. The first-order chi connectivity index (χ1) is 10.7. The fraction of sp³-hybridized carbons (Fsp3) is 0.529. The fourth-order valence-electron chi connectivity index (χ4n) is 2.31. The van der Waals surface area contributed by atoms with Crippen molar-refractivity contribution in [2.75, 3.05) is 12.4 Å². The molecule has 0 atom stereocenters. The van der Waals surface area contributed by atoms with E-state index in [0.717, 1.165) is 5.47 Å². The zero-order chi connectivity index (χ0) is 17.3. The Morgan fingerprint density at radius 3 is 2.35 bits per heavy atom. The lowest BCUT2D eigenvalue weighted by Crippen LogP contribution is -2.41. The molecule has 0 saturated carbocycles. The van der Waals surface area contributed by atoms with Crippen LogP contribution >= 0.6 is 12.6 Å². The van der Waals surface area contributed by atoms with E-state index in [1.807, 2.05) is 40.7 Å². The molecule has 0 radical (unpaired) electrons. The van der Waals surface area contributed by atoms with Crippen LogP contribution in [0.2, 0.25) is 0 Å². The van der Waals surface area contributed by atoms with E-state index < -0.39 is 18.3 Å². The van der Waals surface area contributed by atoms with Crippen LogP contribution in [0.4, 0.5) is 4.39 Å². The standard InChI is InChI=1S/C17H24BFO3S/c1-6-20-15-9-12(8-14(19)10-15)7-13(11-23)18-21-16(2,3)17(4,5)22-18/h7-10,23H,6,11H2,1-5H3. The molecule has 1 aliphatic heterocycles. The van der Waals surface area contributed by atoms with Gasteiger partial charge in [0, 0.05) is 11.8 Å². The molecule has 1 fully saturated rings. The Hall–Kier alpha value is -0.975. The minimum Gasteiger partial charge on any atom is -0.494 e. The Balaban J connectivity index is 2.30. The van der Waals surface area contributed by atoms with Gasteiger partial charge in [0.1, 0.15) is 11.6 Å². The molecule has 0 aromatic heterocycles. The highest BCUT2D eigenvalue weighted by atomic mass is 32.1. The SMILES string of the molecule is CCOc1cc(F)cc(C=C(CS)B2OC(C)(C)C(C)(C)O2)c1. The van der Waals surface area contributed by atoms with Crippen LogP contribution < -0.4 is 4.74 Å². The highest BCUT2D eigenvalue weighted by molar-refractivity contribution is 7.80. The van der Waals surface area contributed by atoms with E-state index in [0.29, 0.717) is 23.7 Å². The van der Waals surface area contributed by atoms with Gasteiger partial charge in [-0.25, -0.2) is 4.39 Å². The molecule has 1 aromatic rings. The van der Waals surface area contributed by atoms with Crippen molar-refractivity contribution in [1.82, 2.24) is 0 Å². The molecule has 2 rings (SSSR count). The second-order valence-electron chi connectivity index (χ2n) is 6.62. The highest BCUT2D eigenvalue weighted by Gasteiger charge is 2.52. The van der Waals surface area contributed by atoms with Gasteiger partial charge in [-0.05, 0) is 57.8 Å². The number of halogens is 1. The van der Waals surface area contributed by atoms with E-state index in [-0.39, 0.29) is 5.82 Å².